The van der Waals surface area contributed by atoms with Gasteiger partial charge in [0.25, 0.3) is 5.91 Å². The van der Waals surface area contributed by atoms with E-state index >= 15 is 0 Å². The summed E-state index contributed by atoms with van der Waals surface area (Å²) in [6, 6.07) is 23.7. The molecular weight excluding hydrogens is 350 g/mol. The molecule has 0 saturated carbocycles. The van der Waals surface area contributed by atoms with Crippen molar-refractivity contribution in [2.75, 3.05) is 12.4 Å². The molecule has 0 aliphatic carbocycles. The minimum atomic E-state index is -0.792. The third-order valence-electron chi connectivity index (χ3n) is 3.76. The van der Waals surface area contributed by atoms with E-state index in [0.29, 0.717) is 22.2 Å². The molecule has 3 rings (SSSR count). The van der Waals surface area contributed by atoms with Gasteiger partial charge in [0.1, 0.15) is 11.5 Å². The average Bonchev–Trinajstić information content (AvgIpc) is 2.68. The first-order valence-corrected chi connectivity index (χ1v) is 8.46. The number of hydrogen-bond donors (Lipinski definition) is 1. The number of ether oxygens (including phenoxy) is 2. The summed E-state index contributed by atoms with van der Waals surface area (Å²) in [6.07, 6.45) is -0.792. The molecular formula is C21H18ClNO3. The lowest BCUT2D eigenvalue weighted by atomic mass is 10.1. The Bertz CT molecular complexity index is 869. The summed E-state index contributed by atoms with van der Waals surface area (Å²) in [4.78, 5) is 12.9. The second-order valence-electron chi connectivity index (χ2n) is 5.56. The van der Waals surface area contributed by atoms with E-state index in [1.54, 1.807) is 25.3 Å². The highest BCUT2D eigenvalue weighted by Crippen LogP contribution is 2.28. The van der Waals surface area contributed by atoms with E-state index in [1.165, 1.54) is 0 Å². The Morgan fingerprint density at radius 1 is 0.962 bits per heavy atom. The molecule has 132 valence electrons. The van der Waals surface area contributed by atoms with Crippen LogP contribution in [0.1, 0.15) is 11.7 Å². The number of methoxy groups -OCH3 is 1. The summed E-state index contributed by atoms with van der Waals surface area (Å²) in [6.45, 7) is 0. The first-order valence-electron chi connectivity index (χ1n) is 8.08. The van der Waals surface area contributed by atoms with Crippen molar-refractivity contribution in [2.24, 2.45) is 0 Å². The molecule has 3 aromatic rings. The highest BCUT2D eigenvalue weighted by molar-refractivity contribution is 6.32. The van der Waals surface area contributed by atoms with E-state index in [0.717, 1.165) is 5.56 Å². The summed E-state index contributed by atoms with van der Waals surface area (Å²) in [5, 5.41) is 3.27. The normalized spacial score (nSPS) is 11.5. The molecule has 0 aromatic heterocycles. The Kier molecular flexibility index (Phi) is 5.77. The van der Waals surface area contributed by atoms with Crippen LogP contribution in [-0.4, -0.2) is 13.0 Å². The lowest BCUT2D eigenvalue weighted by molar-refractivity contribution is -0.123. The fourth-order valence-electron chi connectivity index (χ4n) is 2.49. The number of carbonyl (C=O) groups is 1. The van der Waals surface area contributed by atoms with Crippen LogP contribution in [0.4, 0.5) is 5.69 Å². The minimum Gasteiger partial charge on any atom is -0.495 e. The van der Waals surface area contributed by atoms with Crippen LogP contribution < -0.4 is 14.8 Å². The Morgan fingerprint density at radius 3 is 2.23 bits per heavy atom. The van der Waals surface area contributed by atoms with Gasteiger partial charge in [0.2, 0.25) is 6.10 Å². The molecule has 4 nitrogen and oxygen atoms in total. The zero-order chi connectivity index (χ0) is 18.4. The molecule has 0 fully saturated rings. The molecule has 1 atom stereocenters. The van der Waals surface area contributed by atoms with Crippen molar-refractivity contribution < 1.29 is 14.3 Å². The smallest absolute Gasteiger partial charge is 0.270 e. The van der Waals surface area contributed by atoms with Gasteiger partial charge in [-0.25, -0.2) is 0 Å². The summed E-state index contributed by atoms with van der Waals surface area (Å²) in [5.41, 5.74) is 1.33. The largest absolute Gasteiger partial charge is 0.495 e. The van der Waals surface area contributed by atoms with Gasteiger partial charge in [0, 0.05) is 11.3 Å². The standard InChI is InChI=1S/C21H18ClNO3/c1-25-19-13-12-16(14-18(19)22)23-21(24)20(15-8-4-2-5-9-15)26-17-10-6-3-7-11-17/h2-14,20H,1H3,(H,23,24). The highest BCUT2D eigenvalue weighted by atomic mass is 35.5. The maximum absolute atomic E-state index is 12.9. The molecule has 0 radical (unpaired) electrons. The predicted molar refractivity (Wildman–Crippen MR) is 103 cm³/mol. The maximum Gasteiger partial charge on any atom is 0.270 e. The summed E-state index contributed by atoms with van der Waals surface area (Å²) in [5.74, 6) is 0.871. The predicted octanol–water partition coefficient (Wildman–Crippen LogP) is 5.11. The van der Waals surface area contributed by atoms with Gasteiger partial charge < -0.3 is 14.8 Å². The van der Waals surface area contributed by atoms with Gasteiger partial charge >= 0.3 is 0 Å². The molecule has 26 heavy (non-hydrogen) atoms. The van der Waals surface area contributed by atoms with Gasteiger partial charge in [0.05, 0.1) is 12.1 Å². The van der Waals surface area contributed by atoms with Crippen LogP contribution in [0.2, 0.25) is 5.02 Å². The number of nitrogens with one attached hydrogen (secondary N) is 1. The lowest BCUT2D eigenvalue weighted by Gasteiger charge is -2.19. The van der Waals surface area contributed by atoms with Crippen LogP contribution in [0.15, 0.2) is 78.9 Å². The molecule has 5 heteroatoms. The SMILES string of the molecule is COc1ccc(NC(=O)C(Oc2ccccc2)c2ccccc2)cc1Cl. The number of halogens is 1. The molecule has 0 bridgehead atoms. The number of rotatable bonds is 6. The summed E-state index contributed by atoms with van der Waals surface area (Å²) < 4.78 is 11.1. The Labute approximate surface area is 157 Å². The van der Waals surface area contributed by atoms with Gasteiger partial charge in [-0.05, 0) is 30.3 Å². The summed E-state index contributed by atoms with van der Waals surface area (Å²) >= 11 is 6.13. The van der Waals surface area contributed by atoms with Crippen molar-refractivity contribution >= 4 is 23.2 Å². The van der Waals surface area contributed by atoms with E-state index in [1.807, 2.05) is 60.7 Å². The molecule has 1 amide bonds. The Balaban J connectivity index is 1.84. The number of carbonyl (C=O) groups excluding carboxylic acids is 1. The van der Waals surface area contributed by atoms with E-state index in [2.05, 4.69) is 5.32 Å². The zero-order valence-electron chi connectivity index (χ0n) is 14.2. The van der Waals surface area contributed by atoms with Crippen LogP contribution >= 0.6 is 11.6 Å². The van der Waals surface area contributed by atoms with Crippen molar-refractivity contribution in [1.82, 2.24) is 0 Å². The Morgan fingerprint density at radius 2 is 1.62 bits per heavy atom. The van der Waals surface area contributed by atoms with Gasteiger partial charge in [0.15, 0.2) is 0 Å². The van der Waals surface area contributed by atoms with E-state index in [-0.39, 0.29) is 5.91 Å². The van der Waals surface area contributed by atoms with Crippen molar-refractivity contribution in [3.63, 3.8) is 0 Å². The van der Waals surface area contributed by atoms with Crippen LogP contribution in [-0.2, 0) is 4.79 Å². The highest BCUT2D eigenvalue weighted by Gasteiger charge is 2.23. The molecule has 0 aliphatic rings. The Hall–Kier alpha value is -2.98. The quantitative estimate of drug-likeness (QED) is 0.658. The van der Waals surface area contributed by atoms with Crippen LogP contribution in [0.5, 0.6) is 11.5 Å². The number of hydrogen-bond acceptors (Lipinski definition) is 3. The summed E-state index contributed by atoms with van der Waals surface area (Å²) in [7, 11) is 1.54. The fraction of sp³-hybridized carbons (Fsp3) is 0.0952. The minimum absolute atomic E-state index is 0.290. The second kappa shape index (κ2) is 8.41. The molecule has 0 heterocycles. The average molecular weight is 368 g/mol. The fourth-order valence-corrected chi connectivity index (χ4v) is 2.75. The van der Waals surface area contributed by atoms with E-state index in [4.69, 9.17) is 21.1 Å². The number of amides is 1. The number of anilines is 1. The van der Waals surface area contributed by atoms with Crippen molar-refractivity contribution in [1.29, 1.82) is 0 Å². The first kappa shape index (κ1) is 17.8. The van der Waals surface area contributed by atoms with Crippen molar-refractivity contribution in [2.45, 2.75) is 6.10 Å². The van der Waals surface area contributed by atoms with Gasteiger partial charge in [-0.2, -0.15) is 0 Å². The third-order valence-corrected chi connectivity index (χ3v) is 4.05. The third kappa shape index (κ3) is 4.35. The molecule has 0 aliphatic heterocycles. The number of benzene rings is 3. The zero-order valence-corrected chi connectivity index (χ0v) is 14.9. The van der Waals surface area contributed by atoms with Crippen molar-refractivity contribution in [3.8, 4) is 11.5 Å². The van der Waals surface area contributed by atoms with Crippen molar-refractivity contribution in [3.05, 3.63) is 89.4 Å². The van der Waals surface area contributed by atoms with Crippen LogP contribution in [0.25, 0.3) is 0 Å². The molecule has 1 unspecified atom stereocenters. The lowest BCUT2D eigenvalue weighted by Crippen LogP contribution is -2.25. The van der Waals surface area contributed by atoms with E-state index in [9.17, 15) is 4.79 Å². The van der Waals surface area contributed by atoms with E-state index < -0.39 is 6.10 Å². The molecule has 0 saturated heterocycles. The first-order chi connectivity index (χ1) is 12.7. The van der Waals surface area contributed by atoms with Crippen LogP contribution in [0.3, 0.4) is 0 Å². The molecule has 1 N–H and O–H groups in total. The van der Waals surface area contributed by atoms with Gasteiger partial charge in [-0.15, -0.1) is 0 Å². The topological polar surface area (TPSA) is 47.6 Å². The molecule has 0 spiro atoms. The maximum atomic E-state index is 12.9. The molecule has 3 aromatic carbocycles. The number of para-hydroxylation sites is 1. The van der Waals surface area contributed by atoms with Crippen LogP contribution in [0, 0.1) is 0 Å². The van der Waals surface area contributed by atoms with Gasteiger partial charge in [-0.1, -0.05) is 60.1 Å². The second-order valence-corrected chi connectivity index (χ2v) is 5.97. The van der Waals surface area contributed by atoms with Gasteiger partial charge in [-0.3, -0.25) is 4.79 Å². The monoisotopic (exact) mass is 367 g/mol.